The minimum absolute atomic E-state index is 0.0129. The number of hydrogen-bond acceptors (Lipinski definition) is 5. The number of aliphatic hydroxyl groups excluding tert-OH is 2. The summed E-state index contributed by atoms with van der Waals surface area (Å²) < 4.78 is 11.6. The Balaban J connectivity index is 1.48. The second kappa shape index (κ2) is 5.90. The highest BCUT2D eigenvalue weighted by Crippen LogP contribution is 2.52. The molecule has 7 atom stereocenters. The molecule has 27 heavy (non-hydrogen) atoms. The van der Waals surface area contributed by atoms with Crippen LogP contribution in [0.15, 0.2) is 47.1 Å². The van der Waals surface area contributed by atoms with E-state index < -0.39 is 12.2 Å². The lowest BCUT2D eigenvalue weighted by molar-refractivity contribution is -0.140. The Kier molecular flexibility index (Phi) is 3.81. The van der Waals surface area contributed by atoms with Gasteiger partial charge in [-0.3, -0.25) is 0 Å². The highest BCUT2D eigenvalue weighted by Gasteiger charge is 2.62. The van der Waals surface area contributed by atoms with E-state index in [4.69, 9.17) is 9.47 Å². The first kappa shape index (κ1) is 17.4. The zero-order valence-corrected chi connectivity index (χ0v) is 15.6. The number of carbonyl (C=O) groups is 1. The molecule has 5 aliphatic rings. The molecule has 0 aromatic heterocycles. The van der Waals surface area contributed by atoms with Gasteiger partial charge in [0.25, 0.3) is 0 Å². The predicted molar refractivity (Wildman–Crippen MR) is 98.6 cm³/mol. The van der Waals surface area contributed by atoms with Gasteiger partial charge in [-0.25, -0.2) is 4.79 Å². The van der Waals surface area contributed by atoms with Gasteiger partial charge in [0, 0.05) is 17.4 Å². The van der Waals surface area contributed by atoms with E-state index in [0.717, 1.165) is 36.8 Å². The van der Waals surface area contributed by atoms with Gasteiger partial charge in [-0.1, -0.05) is 30.4 Å². The standard InChI is InChI=1S/C22H26O5/c1-11-13-5-3-12-4-6-15-16(23)7-8-17(24)18(15)14(12)9-10-22(2)20(27-22)19(13)26-21(11)25/h4,7-8,13-14,16-17,19-20,23-24H,1,3,5-6,9-10H2,2H3/t13-,14?,16?,17?,19-,20+,22+/m0/s1. The lowest BCUT2D eigenvalue weighted by atomic mass is 9.70. The van der Waals surface area contributed by atoms with E-state index in [0.29, 0.717) is 12.0 Å². The van der Waals surface area contributed by atoms with Gasteiger partial charge >= 0.3 is 5.97 Å². The van der Waals surface area contributed by atoms with E-state index in [-0.39, 0.29) is 35.6 Å². The molecule has 0 aromatic carbocycles. The van der Waals surface area contributed by atoms with Crippen LogP contribution in [-0.2, 0) is 14.3 Å². The molecule has 0 bridgehead atoms. The highest BCUT2D eigenvalue weighted by molar-refractivity contribution is 5.91. The quantitative estimate of drug-likeness (QED) is 0.296. The van der Waals surface area contributed by atoms with Gasteiger partial charge in [0.05, 0.1) is 17.8 Å². The highest BCUT2D eigenvalue weighted by atomic mass is 16.6. The van der Waals surface area contributed by atoms with Gasteiger partial charge in [-0.05, 0) is 50.2 Å². The minimum Gasteiger partial charge on any atom is -0.455 e. The fourth-order valence-electron chi connectivity index (χ4n) is 5.53. The van der Waals surface area contributed by atoms with Gasteiger partial charge in [0.15, 0.2) is 0 Å². The maximum Gasteiger partial charge on any atom is 0.334 e. The summed E-state index contributed by atoms with van der Waals surface area (Å²) in [6.07, 6.45) is 8.05. The Morgan fingerprint density at radius 3 is 2.81 bits per heavy atom. The van der Waals surface area contributed by atoms with Crippen LogP contribution >= 0.6 is 0 Å². The molecule has 0 aromatic rings. The van der Waals surface area contributed by atoms with Crippen LogP contribution in [0.25, 0.3) is 0 Å². The maximum atomic E-state index is 12.1. The van der Waals surface area contributed by atoms with Crippen molar-refractivity contribution >= 4 is 5.97 Å². The maximum absolute atomic E-state index is 12.1. The molecule has 0 amide bonds. The Bertz CT molecular complexity index is 806. The van der Waals surface area contributed by atoms with Crippen LogP contribution in [-0.4, -0.2) is 46.2 Å². The first-order chi connectivity index (χ1) is 12.9. The number of ether oxygens (including phenoxy) is 2. The summed E-state index contributed by atoms with van der Waals surface area (Å²) in [5, 5.41) is 21.0. The molecule has 3 fully saturated rings. The molecular weight excluding hydrogens is 344 g/mol. The number of esters is 1. The van der Waals surface area contributed by atoms with Crippen molar-refractivity contribution in [1.29, 1.82) is 0 Å². The van der Waals surface area contributed by atoms with Crippen LogP contribution in [0.2, 0.25) is 0 Å². The number of fused-ring (bicyclic) bond motifs is 5. The summed E-state index contributed by atoms with van der Waals surface area (Å²) in [5.74, 6) is -0.189. The number of rotatable bonds is 0. The molecule has 5 rings (SSSR count). The molecule has 0 spiro atoms. The van der Waals surface area contributed by atoms with E-state index in [2.05, 4.69) is 19.6 Å². The average Bonchev–Trinajstić information content (AvgIpc) is 3.24. The van der Waals surface area contributed by atoms with Gasteiger partial charge < -0.3 is 19.7 Å². The van der Waals surface area contributed by atoms with E-state index >= 15 is 0 Å². The number of epoxide rings is 1. The van der Waals surface area contributed by atoms with Crippen molar-refractivity contribution in [1.82, 2.24) is 0 Å². The fourth-order valence-corrected chi connectivity index (χ4v) is 5.53. The van der Waals surface area contributed by atoms with Crippen molar-refractivity contribution < 1.29 is 24.5 Å². The molecule has 5 nitrogen and oxygen atoms in total. The Morgan fingerprint density at radius 1 is 1.22 bits per heavy atom. The summed E-state index contributed by atoms with van der Waals surface area (Å²) in [4.78, 5) is 12.1. The monoisotopic (exact) mass is 370 g/mol. The summed E-state index contributed by atoms with van der Waals surface area (Å²) in [7, 11) is 0. The van der Waals surface area contributed by atoms with E-state index in [9.17, 15) is 15.0 Å². The molecule has 144 valence electrons. The third kappa shape index (κ3) is 2.59. The van der Waals surface area contributed by atoms with Crippen LogP contribution in [0.4, 0.5) is 0 Å². The minimum atomic E-state index is -0.636. The molecule has 1 saturated carbocycles. The third-order valence-electron chi connectivity index (χ3n) is 7.19. The van der Waals surface area contributed by atoms with Crippen LogP contribution in [0, 0.1) is 11.8 Å². The fraction of sp³-hybridized carbons (Fsp3) is 0.591. The molecule has 2 saturated heterocycles. The van der Waals surface area contributed by atoms with Crippen molar-refractivity contribution in [3.63, 3.8) is 0 Å². The van der Waals surface area contributed by atoms with Crippen molar-refractivity contribution in [2.24, 2.45) is 11.8 Å². The van der Waals surface area contributed by atoms with Gasteiger partial charge in [0.2, 0.25) is 0 Å². The lowest BCUT2D eigenvalue weighted by Crippen LogP contribution is -2.33. The summed E-state index contributed by atoms with van der Waals surface area (Å²) in [6, 6.07) is 0. The smallest absolute Gasteiger partial charge is 0.334 e. The molecule has 3 aliphatic carbocycles. The zero-order chi connectivity index (χ0) is 18.9. The Hall–Kier alpha value is -1.69. The molecule has 0 radical (unpaired) electrons. The second-order valence-corrected chi connectivity index (χ2v) is 8.72. The van der Waals surface area contributed by atoms with E-state index in [1.807, 2.05) is 0 Å². The summed E-state index contributed by atoms with van der Waals surface area (Å²) in [5.41, 5.74) is 3.46. The van der Waals surface area contributed by atoms with Crippen molar-refractivity contribution in [3.05, 3.63) is 47.1 Å². The summed E-state index contributed by atoms with van der Waals surface area (Å²) >= 11 is 0. The number of carbonyl (C=O) groups excluding carboxylic acids is 1. The van der Waals surface area contributed by atoms with Crippen LogP contribution < -0.4 is 0 Å². The van der Waals surface area contributed by atoms with E-state index in [1.165, 1.54) is 5.57 Å². The van der Waals surface area contributed by atoms with Crippen LogP contribution in [0.3, 0.4) is 0 Å². The number of hydrogen-bond donors (Lipinski definition) is 2. The molecule has 5 heteroatoms. The van der Waals surface area contributed by atoms with Gasteiger partial charge in [0.1, 0.15) is 12.2 Å². The predicted octanol–water partition coefficient (Wildman–Crippen LogP) is 2.35. The van der Waals surface area contributed by atoms with Gasteiger partial charge in [-0.2, -0.15) is 0 Å². The zero-order valence-electron chi connectivity index (χ0n) is 15.6. The topological polar surface area (TPSA) is 79.3 Å². The van der Waals surface area contributed by atoms with Crippen molar-refractivity contribution in [2.75, 3.05) is 0 Å². The molecule has 2 N–H and O–H groups in total. The molecule has 3 unspecified atom stereocenters. The van der Waals surface area contributed by atoms with Crippen LogP contribution in [0.1, 0.15) is 39.0 Å². The number of allylic oxidation sites excluding steroid dienone is 2. The normalized spacial score (nSPS) is 46.0. The average molecular weight is 370 g/mol. The first-order valence-electron chi connectivity index (χ1n) is 9.93. The third-order valence-corrected chi connectivity index (χ3v) is 7.19. The van der Waals surface area contributed by atoms with Crippen LogP contribution in [0.5, 0.6) is 0 Å². The lowest BCUT2D eigenvalue weighted by Gasteiger charge is -2.36. The van der Waals surface area contributed by atoms with Crippen molar-refractivity contribution in [3.8, 4) is 0 Å². The second-order valence-electron chi connectivity index (χ2n) is 8.72. The molecular formula is C22H26O5. The number of aliphatic hydroxyl groups is 2. The Labute approximate surface area is 159 Å². The largest absolute Gasteiger partial charge is 0.455 e. The molecule has 2 aliphatic heterocycles. The SMILES string of the molecule is C=C1C(=O)O[C@@H]2[C@H]3O[C@]3(C)CCC3C(=CCC4=C3C(O)C=CC4O)CC[C@@H]12. The Morgan fingerprint density at radius 2 is 2.00 bits per heavy atom. The molecule has 2 heterocycles. The van der Waals surface area contributed by atoms with E-state index in [1.54, 1.807) is 12.2 Å². The van der Waals surface area contributed by atoms with Crippen molar-refractivity contribution in [2.45, 2.75) is 69.0 Å². The summed E-state index contributed by atoms with van der Waals surface area (Å²) in [6.45, 7) is 6.05. The first-order valence-corrected chi connectivity index (χ1v) is 9.93. The van der Waals surface area contributed by atoms with Gasteiger partial charge in [-0.15, -0.1) is 0 Å².